The molecule has 94 valence electrons. The molecule has 18 heavy (non-hydrogen) atoms. The zero-order chi connectivity index (χ0) is 13.1. The predicted octanol–water partition coefficient (Wildman–Crippen LogP) is 2.56. The highest BCUT2D eigenvalue weighted by atomic mass is 19.1. The molecule has 0 amide bonds. The zero-order valence-corrected chi connectivity index (χ0v) is 10.1. The second kappa shape index (κ2) is 5.00. The molecule has 0 fully saturated rings. The van der Waals surface area contributed by atoms with Gasteiger partial charge in [0, 0.05) is 11.5 Å². The highest BCUT2D eigenvalue weighted by molar-refractivity contribution is 5.94. The minimum absolute atomic E-state index is 0.0264. The van der Waals surface area contributed by atoms with Gasteiger partial charge in [-0.25, -0.2) is 14.2 Å². The molecule has 0 spiro atoms. The van der Waals surface area contributed by atoms with Crippen molar-refractivity contribution in [3.8, 4) is 5.75 Å². The summed E-state index contributed by atoms with van der Waals surface area (Å²) in [5.41, 5.74) is 0.127. The Morgan fingerprint density at radius 1 is 1.44 bits per heavy atom. The maximum absolute atomic E-state index is 13.7. The van der Waals surface area contributed by atoms with Crippen molar-refractivity contribution in [2.45, 2.75) is 6.92 Å². The molecule has 1 heterocycles. The van der Waals surface area contributed by atoms with Crippen molar-refractivity contribution >= 4 is 16.9 Å². The fourth-order valence-electron chi connectivity index (χ4n) is 1.67. The van der Waals surface area contributed by atoms with Gasteiger partial charge in [-0.3, -0.25) is 0 Å². The van der Waals surface area contributed by atoms with Gasteiger partial charge in [-0.15, -0.1) is 0 Å². The van der Waals surface area contributed by atoms with Crippen molar-refractivity contribution in [2.75, 3.05) is 13.7 Å². The van der Waals surface area contributed by atoms with Crippen molar-refractivity contribution in [2.24, 2.45) is 0 Å². The van der Waals surface area contributed by atoms with E-state index in [1.807, 2.05) is 6.92 Å². The third kappa shape index (κ3) is 2.11. The highest BCUT2D eigenvalue weighted by Crippen LogP contribution is 2.27. The number of nitrogens with zero attached hydrogens (tertiary/aromatic N) is 1. The van der Waals surface area contributed by atoms with Crippen molar-refractivity contribution < 1.29 is 18.7 Å². The molecule has 0 aliphatic heterocycles. The minimum Gasteiger partial charge on any atom is -0.493 e. The van der Waals surface area contributed by atoms with E-state index in [2.05, 4.69) is 9.72 Å². The van der Waals surface area contributed by atoms with E-state index in [9.17, 15) is 9.18 Å². The molecule has 5 heteroatoms. The summed E-state index contributed by atoms with van der Waals surface area (Å²) in [4.78, 5) is 15.4. The van der Waals surface area contributed by atoms with Crippen LogP contribution in [0.1, 0.15) is 17.4 Å². The second-order valence-corrected chi connectivity index (χ2v) is 3.57. The van der Waals surface area contributed by atoms with E-state index in [1.165, 1.54) is 19.2 Å². The Hall–Kier alpha value is -2.17. The Kier molecular flexibility index (Phi) is 3.41. The topological polar surface area (TPSA) is 48.4 Å². The van der Waals surface area contributed by atoms with Gasteiger partial charge < -0.3 is 9.47 Å². The molecule has 0 bridgehead atoms. The average Bonchev–Trinajstić information content (AvgIpc) is 2.39. The predicted molar refractivity (Wildman–Crippen MR) is 64.2 cm³/mol. The van der Waals surface area contributed by atoms with E-state index in [4.69, 9.17) is 4.74 Å². The number of rotatable bonds is 3. The number of hydrogen-bond acceptors (Lipinski definition) is 4. The Bertz CT molecular complexity index is 598. The van der Waals surface area contributed by atoms with Crippen LogP contribution in [0.25, 0.3) is 10.9 Å². The maximum atomic E-state index is 13.7. The van der Waals surface area contributed by atoms with Gasteiger partial charge in [0.1, 0.15) is 17.1 Å². The molecule has 0 atom stereocenters. The van der Waals surface area contributed by atoms with E-state index in [1.54, 1.807) is 12.1 Å². The minimum atomic E-state index is -0.624. The lowest BCUT2D eigenvalue weighted by Gasteiger charge is -2.09. The molecule has 0 unspecified atom stereocenters. The smallest absolute Gasteiger partial charge is 0.356 e. The van der Waals surface area contributed by atoms with Crippen LogP contribution in [0.4, 0.5) is 4.39 Å². The molecule has 1 aromatic carbocycles. The van der Waals surface area contributed by atoms with Crippen molar-refractivity contribution in [3.63, 3.8) is 0 Å². The van der Waals surface area contributed by atoms with Crippen LogP contribution in [0.2, 0.25) is 0 Å². The lowest BCUT2D eigenvalue weighted by molar-refractivity contribution is 0.0594. The number of pyridine rings is 1. The number of methoxy groups -OCH3 is 1. The first-order chi connectivity index (χ1) is 8.67. The first-order valence-corrected chi connectivity index (χ1v) is 5.47. The Morgan fingerprint density at radius 3 is 2.89 bits per heavy atom. The SMILES string of the molecule is CCOc1cc(C(=O)OC)nc2c(F)cccc12. The third-order valence-corrected chi connectivity index (χ3v) is 2.45. The van der Waals surface area contributed by atoms with Crippen molar-refractivity contribution in [1.29, 1.82) is 0 Å². The molecule has 0 saturated heterocycles. The third-order valence-electron chi connectivity index (χ3n) is 2.45. The summed E-state index contributed by atoms with van der Waals surface area (Å²) in [5, 5.41) is 0.532. The van der Waals surface area contributed by atoms with Crippen LogP contribution in [0.15, 0.2) is 24.3 Å². The number of halogens is 1. The second-order valence-electron chi connectivity index (χ2n) is 3.57. The summed E-state index contributed by atoms with van der Waals surface area (Å²) in [6, 6.07) is 6.00. The number of fused-ring (bicyclic) bond motifs is 1. The number of ether oxygens (including phenoxy) is 2. The fourth-order valence-corrected chi connectivity index (χ4v) is 1.67. The molecular weight excluding hydrogens is 237 g/mol. The molecule has 0 N–H and O–H groups in total. The molecule has 0 radical (unpaired) electrons. The first-order valence-electron chi connectivity index (χ1n) is 5.47. The summed E-state index contributed by atoms with van der Waals surface area (Å²) >= 11 is 0. The van der Waals surface area contributed by atoms with Gasteiger partial charge in [0.05, 0.1) is 13.7 Å². The van der Waals surface area contributed by atoms with Gasteiger partial charge in [-0.1, -0.05) is 6.07 Å². The van der Waals surface area contributed by atoms with Gasteiger partial charge >= 0.3 is 5.97 Å². The molecule has 2 rings (SSSR count). The molecule has 0 aliphatic carbocycles. The van der Waals surface area contributed by atoms with Crippen LogP contribution in [0.3, 0.4) is 0 Å². The average molecular weight is 249 g/mol. The zero-order valence-electron chi connectivity index (χ0n) is 10.1. The molecule has 4 nitrogen and oxygen atoms in total. The summed E-state index contributed by atoms with van der Waals surface area (Å²) in [6.45, 7) is 2.22. The van der Waals surface area contributed by atoms with Gasteiger partial charge in [0.25, 0.3) is 0 Å². The summed E-state index contributed by atoms with van der Waals surface area (Å²) < 4.78 is 23.7. The standard InChI is InChI=1S/C13H12FNO3/c1-3-18-11-7-10(13(16)17-2)15-12-8(11)5-4-6-9(12)14/h4-7H,3H2,1-2H3. The number of hydrogen-bond donors (Lipinski definition) is 0. The van der Waals surface area contributed by atoms with E-state index in [-0.39, 0.29) is 11.2 Å². The summed E-state index contributed by atoms with van der Waals surface area (Å²) in [7, 11) is 1.25. The van der Waals surface area contributed by atoms with E-state index in [0.29, 0.717) is 17.7 Å². The molecule has 1 aromatic heterocycles. The van der Waals surface area contributed by atoms with E-state index in [0.717, 1.165) is 0 Å². The van der Waals surface area contributed by atoms with E-state index >= 15 is 0 Å². The molecule has 0 aliphatic rings. The van der Waals surface area contributed by atoms with E-state index < -0.39 is 11.8 Å². The number of carbonyl (C=O) groups excluding carboxylic acids is 1. The van der Waals surface area contributed by atoms with Crippen LogP contribution in [-0.4, -0.2) is 24.7 Å². The van der Waals surface area contributed by atoms with Crippen LogP contribution in [0.5, 0.6) is 5.75 Å². The largest absolute Gasteiger partial charge is 0.493 e. The lowest BCUT2D eigenvalue weighted by Crippen LogP contribution is -2.06. The Balaban J connectivity index is 2.70. The molecule has 0 saturated carbocycles. The maximum Gasteiger partial charge on any atom is 0.356 e. The van der Waals surface area contributed by atoms with Gasteiger partial charge in [-0.05, 0) is 19.1 Å². The Morgan fingerprint density at radius 2 is 2.22 bits per heavy atom. The molecular formula is C13H12FNO3. The number of aromatic nitrogens is 1. The first kappa shape index (κ1) is 12.3. The number of esters is 1. The fraction of sp³-hybridized carbons (Fsp3) is 0.231. The molecule has 2 aromatic rings. The normalized spacial score (nSPS) is 10.4. The van der Waals surface area contributed by atoms with Crippen LogP contribution >= 0.6 is 0 Å². The van der Waals surface area contributed by atoms with Crippen LogP contribution in [-0.2, 0) is 4.74 Å². The van der Waals surface area contributed by atoms with Gasteiger partial charge in [0.15, 0.2) is 5.69 Å². The highest BCUT2D eigenvalue weighted by Gasteiger charge is 2.15. The lowest BCUT2D eigenvalue weighted by atomic mass is 10.1. The van der Waals surface area contributed by atoms with Gasteiger partial charge in [-0.2, -0.15) is 0 Å². The summed E-state index contributed by atoms with van der Waals surface area (Å²) in [6.07, 6.45) is 0. The quantitative estimate of drug-likeness (QED) is 0.784. The van der Waals surface area contributed by atoms with Crippen LogP contribution < -0.4 is 4.74 Å². The van der Waals surface area contributed by atoms with Crippen LogP contribution in [0, 0.1) is 5.82 Å². The Labute approximate surface area is 103 Å². The van der Waals surface area contributed by atoms with Crippen molar-refractivity contribution in [3.05, 3.63) is 35.8 Å². The van der Waals surface area contributed by atoms with Crippen molar-refractivity contribution in [1.82, 2.24) is 4.98 Å². The monoisotopic (exact) mass is 249 g/mol. The van der Waals surface area contributed by atoms with Gasteiger partial charge in [0.2, 0.25) is 0 Å². The number of para-hydroxylation sites is 1. The number of carbonyl (C=O) groups is 1. The summed E-state index contributed by atoms with van der Waals surface area (Å²) in [5.74, 6) is -0.706. The number of benzene rings is 1.